The zero-order valence-corrected chi connectivity index (χ0v) is 30.8. The molecule has 10 aromatic carbocycles. The second-order valence-electron chi connectivity index (χ2n) is 13.9. The predicted molar refractivity (Wildman–Crippen MR) is 243 cm³/mol. The van der Waals surface area contributed by atoms with Gasteiger partial charge in [0.2, 0.25) is 0 Å². The van der Waals surface area contributed by atoms with Gasteiger partial charge in [0.1, 0.15) is 0 Å². The number of benzene rings is 10. The normalized spacial score (nSPS) is 13.1. The summed E-state index contributed by atoms with van der Waals surface area (Å²) in [4.78, 5) is 1.36. The lowest BCUT2D eigenvalue weighted by atomic mass is 9.90. The van der Waals surface area contributed by atoms with Crippen LogP contribution >= 0.6 is 0 Å². The fraction of sp³-hybridized carbons (Fsp3) is 0. The molecule has 1 heteroatoms. The van der Waals surface area contributed by atoms with Crippen LogP contribution in [-0.2, 0) is 0 Å². The van der Waals surface area contributed by atoms with E-state index in [4.69, 9.17) is 0 Å². The minimum absolute atomic E-state index is 0.106. The molecule has 1 nitrogen and oxygen atoms in total. The Hall–Kier alpha value is -7.48. The van der Waals surface area contributed by atoms with Crippen LogP contribution in [0.3, 0.4) is 0 Å². The van der Waals surface area contributed by atoms with Gasteiger partial charge in [0, 0.05) is 17.1 Å². The van der Waals surface area contributed by atoms with Crippen LogP contribution in [0, 0.1) is 0 Å². The quantitative estimate of drug-likeness (QED) is 0.150. The van der Waals surface area contributed by atoms with Crippen molar-refractivity contribution in [2.24, 2.45) is 0 Å². The van der Waals surface area contributed by atoms with Crippen molar-refractivity contribution in [1.29, 1.82) is 0 Å². The second-order valence-corrected chi connectivity index (χ2v) is 13.9. The van der Waals surface area contributed by atoms with Crippen LogP contribution in [-0.4, -0.2) is 0 Å². The third-order valence-corrected chi connectivity index (χ3v) is 10.4. The molecule has 0 fully saturated rings. The summed E-state index contributed by atoms with van der Waals surface area (Å²) >= 11 is 0. The zero-order valence-electron chi connectivity index (χ0n) is 38.8. The highest BCUT2D eigenvalue weighted by atomic mass is 15.1. The molecule has 0 saturated carbocycles. The molecular weight excluding hydrogens is 687 g/mol. The fourth-order valence-corrected chi connectivity index (χ4v) is 7.61. The molecule has 0 bridgehead atoms. The smallest absolute Gasteiger partial charge is 0.0645 e. The fourth-order valence-electron chi connectivity index (χ4n) is 7.61. The number of nitrogens with zero attached hydrogens (tertiary/aromatic N) is 1. The Bertz CT molecular complexity index is 3380. The maximum absolute atomic E-state index is 9.60. The molecule has 0 atom stereocenters. The molecule has 0 aliphatic heterocycles. The number of rotatable bonds is 8. The molecule has 10 rings (SSSR count). The summed E-state index contributed by atoms with van der Waals surface area (Å²) in [7, 11) is 0. The van der Waals surface area contributed by atoms with Crippen LogP contribution in [0.25, 0.3) is 77.2 Å². The molecule has 0 aromatic heterocycles. The van der Waals surface area contributed by atoms with Crippen LogP contribution in [0.4, 0.5) is 17.1 Å². The lowest BCUT2D eigenvalue weighted by Crippen LogP contribution is -2.09. The largest absolute Gasteiger partial charge is 0.311 e. The van der Waals surface area contributed by atoms with E-state index >= 15 is 0 Å². The summed E-state index contributed by atoms with van der Waals surface area (Å²) in [5, 5.41) is 3.82. The van der Waals surface area contributed by atoms with Gasteiger partial charge in [0.25, 0.3) is 0 Å². The van der Waals surface area contributed by atoms with E-state index in [1.807, 2.05) is 121 Å². The average molecular weight is 734 g/mol. The van der Waals surface area contributed by atoms with Gasteiger partial charge in [0.15, 0.2) is 0 Å². The molecule has 0 aliphatic rings. The van der Waals surface area contributed by atoms with Gasteiger partial charge in [-0.05, 0) is 113 Å². The third kappa shape index (κ3) is 6.66. The lowest BCUT2D eigenvalue weighted by molar-refractivity contribution is 1.28. The van der Waals surface area contributed by atoms with Gasteiger partial charge in [-0.15, -0.1) is 0 Å². The molecule has 0 spiro atoms. The van der Waals surface area contributed by atoms with Crippen LogP contribution in [0.2, 0.25) is 0 Å². The molecular formula is C56H39N. The van der Waals surface area contributed by atoms with E-state index in [1.54, 1.807) is 30.3 Å². The van der Waals surface area contributed by atoms with Crippen molar-refractivity contribution in [2.75, 3.05) is 4.90 Å². The van der Waals surface area contributed by atoms with Crippen LogP contribution in [0.15, 0.2) is 236 Å². The predicted octanol–water partition coefficient (Wildman–Crippen LogP) is 15.8. The minimum Gasteiger partial charge on any atom is -0.311 e. The van der Waals surface area contributed by atoms with Crippen LogP contribution in [0.1, 0.15) is 11.0 Å². The first-order valence-electron chi connectivity index (χ1n) is 22.9. The first-order valence-corrected chi connectivity index (χ1v) is 18.9. The maximum atomic E-state index is 9.60. The van der Waals surface area contributed by atoms with E-state index in [2.05, 4.69) is 36.4 Å². The summed E-state index contributed by atoms with van der Waals surface area (Å²) in [6.45, 7) is 0. The summed E-state index contributed by atoms with van der Waals surface area (Å²) in [5.74, 6) is 0. The molecule has 0 amide bonds. The summed E-state index contributed by atoms with van der Waals surface area (Å²) in [6, 6.07) is 57.4. The Labute approximate surface area is 345 Å². The van der Waals surface area contributed by atoms with E-state index < -0.39 is 24.2 Å². The van der Waals surface area contributed by atoms with Crippen molar-refractivity contribution in [3.8, 4) is 55.6 Å². The molecule has 10 aromatic rings. The molecule has 0 saturated heterocycles. The van der Waals surface area contributed by atoms with Gasteiger partial charge in [-0.25, -0.2) is 0 Å². The Morgan fingerprint density at radius 3 is 1.39 bits per heavy atom. The van der Waals surface area contributed by atoms with E-state index in [0.29, 0.717) is 16.8 Å². The topological polar surface area (TPSA) is 3.24 Å². The zero-order chi connectivity index (χ0) is 44.9. The Morgan fingerprint density at radius 1 is 0.263 bits per heavy atom. The molecule has 0 N–H and O–H groups in total. The molecule has 57 heavy (non-hydrogen) atoms. The lowest BCUT2D eigenvalue weighted by Gasteiger charge is -2.26. The van der Waals surface area contributed by atoms with Crippen molar-refractivity contribution in [3.63, 3.8) is 0 Å². The molecule has 268 valence electrons. The Kier molecular flexibility index (Phi) is 6.92. The highest BCUT2D eigenvalue weighted by Gasteiger charge is 2.16. The van der Waals surface area contributed by atoms with Crippen molar-refractivity contribution in [2.45, 2.75) is 0 Å². The van der Waals surface area contributed by atoms with Crippen LogP contribution < -0.4 is 4.90 Å². The minimum atomic E-state index is -0.395. The van der Waals surface area contributed by atoms with Crippen molar-refractivity contribution in [1.82, 2.24) is 0 Å². The molecule has 0 radical (unpaired) electrons. The Morgan fingerprint density at radius 2 is 0.737 bits per heavy atom. The number of hydrogen-bond acceptors (Lipinski definition) is 1. The standard InChI is InChI=1S/C56H39N/c1-3-12-40(13-4-1)41-22-24-42(25-23-41)43-26-33-49(34-27-43)57(50-35-28-46(29-36-50)53-21-11-18-44-14-7-9-19-52(44)53)51-37-30-47(31-38-51)55-39-32-45-15-8-10-20-54(45)56(55)48-16-5-2-6-17-48/h1-39H/i26D,27D,28D,29D,33D,34D,35D,36D. The first kappa shape index (κ1) is 26.3. The first-order chi connectivity index (χ1) is 31.6. The number of fused-ring (bicyclic) bond motifs is 2. The number of anilines is 3. The molecule has 0 aliphatic carbocycles. The maximum Gasteiger partial charge on any atom is 0.0645 e. The van der Waals surface area contributed by atoms with Gasteiger partial charge in [0.05, 0.1) is 11.0 Å². The van der Waals surface area contributed by atoms with E-state index in [9.17, 15) is 11.0 Å². The molecule has 0 heterocycles. The highest BCUT2D eigenvalue weighted by molar-refractivity contribution is 6.04. The van der Waals surface area contributed by atoms with E-state index in [0.717, 1.165) is 54.9 Å². The van der Waals surface area contributed by atoms with E-state index in [-0.39, 0.29) is 46.7 Å². The Balaban J connectivity index is 1.18. The van der Waals surface area contributed by atoms with Gasteiger partial charge in [-0.2, -0.15) is 0 Å². The van der Waals surface area contributed by atoms with E-state index in [1.165, 1.54) is 4.90 Å². The van der Waals surface area contributed by atoms with Gasteiger partial charge in [-0.1, -0.05) is 200 Å². The molecule has 0 unspecified atom stereocenters. The van der Waals surface area contributed by atoms with Crippen molar-refractivity contribution in [3.05, 3.63) is 236 Å². The van der Waals surface area contributed by atoms with Crippen molar-refractivity contribution < 1.29 is 11.0 Å². The average Bonchev–Trinajstić information content (AvgIpc) is 3.35. The highest BCUT2D eigenvalue weighted by Crippen LogP contribution is 2.41. The monoisotopic (exact) mass is 733 g/mol. The summed E-state index contributed by atoms with van der Waals surface area (Å²) < 4.78 is 76.1. The SMILES string of the molecule is [2H]c1c([2H])c(N(c2ccc(-c3ccc4ccccc4c3-c3ccccc3)cc2)c2c([2H])c([2H])c(-c3cccc4ccccc34)c([2H])c2[2H])c([2H])c([2H])c1-c1ccc(-c2ccccc2)cc1. The summed E-state index contributed by atoms with van der Waals surface area (Å²) in [6.07, 6.45) is 0. The van der Waals surface area contributed by atoms with Gasteiger partial charge in [-0.3, -0.25) is 0 Å². The summed E-state index contributed by atoms with van der Waals surface area (Å²) in [5.41, 5.74) is 7.03. The number of hydrogen-bond donors (Lipinski definition) is 0. The van der Waals surface area contributed by atoms with Gasteiger partial charge < -0.3 is 4.90 Å². The second kappa shape index (κ2) is 15.0. The van der Waals surface area contributed by atoms with Gasteiger partial charge >= 0.3 is 0 Å². The third-order valence-electron chi connectivity index (χ3n) is 10.4. The van der Waals surface area contributed by atoms with Crippen molar-refractivity contribution >= 4 is 38.6 Å². The van der Waals surface area contributed by atoms with Crippen LogP contribution in [0.5, 0.6) is 0 Å².